The highest BCUT2D eigenvalue weighted by Crippen LogP contribution is 2.36. The Bertz CT molecular complexity index is 167. The standard InChI is InChI=1S/C16H32N/c1-3-5-6-8-15-10-11-16(14-15)9-7-13-17-12-4-2/h15-17H,1,3-14H2,2H3. The maximum atomic E-state index is 3.92. The lowest BCUT2D eigenvalue weighted by Crippen LogP contribution is -2.16. The van der Waals surface area contributed by atoms with Crippen molar-refractivity contribution < 1.29 is 0 Å². The van der Waals surface area contributed by atoms with Crippen LogP contribution >= 0.6 is 0 Å². The minimum Gasteiger partial charge on any atom is -0.317 e. The van der Waals surface area contributed by atoms with Gasteiger partial charge < -0.3 is 5.32 Å². The largest absolute Gasteiger partial charge is 0.317 e. The fourth-order valence-electron chi connectivity index (χ4n) is 3.13. The topological polar surface area (TPSA) is 12.0 Å². The number of hydrogen-bond donors (Lipinski definition) is 1. The zero-order chi connectivity index (χ0) is 12.3. The molecule has 2 atom stereocenters. The molecule has 1 saturated carbocycles. The second-order valence-electron chi connectivity index (χ2n) is 5.79. The zero-order valence-electron chi connectivity index (χ0n) is 11.8. The maximum absolute atomic E-state index is 3.92. The Kier molecular flexibility index (Phi) is 8.78. The van der Waals surface area contributed by atoms with Crippen molar-refractivity contribution in [3.63, 3.8) is 0 Å². The van der Waals surface area contributed by atoms with Crippen LogP contribution in [0, 0.1) is 18.8 Å². The summed E-state index contributed by atoms with van der Waals surface area (Å²) in [5.41, 5.74) is 0. The molecule has 0 aromatic rings. The highest BCUT2D eigenvalue weighted by atomic mass is 14.8. The van der Waals surface area contributed by atoms with Gasteiger partial charge in [-0.05, 0) is 50.6 Å². The van der Waals surface area contributed by atoms with E-state index in [1.54, 1.807) is 0 Å². The van der Waals surface area contributed by atoms with Gasteiger partial charge in [-0.1, -0.05) is 52.4 Å². The molecule has 1 heteroatoms. The van der Waals surface area contributed by atoms with E-state index in [9.17, 15) is 0 Å². The highest BCUT2D eigenvalue weighted by molar-refractivity contribution is 4.75. The molecule has 0 heterocycles. The first kappa shape index (κ1) is 15.0. The molecule has 1 aliphatic rings. The normalized spacial score (nSPS) is 24.4. The molecule has 0 aliphatic heterocycles. The summed E-state index contributed by atoms with van der Waals surface area (Å²) in [6, 6.07) is 0. The third-order valence-electron chi connectivity index (χ3n) is 4.15. The Morgan fingerprint density at radius 1 is 1.00 bits per heavy atom. The number of hydrogen-bond acceptors (Lipinski definition) is 1. The minimum atomic E-state index is 1.04. The lowest BCUT2D eigenvalue weighted by Gasteiger charge is -2.11. The van der Waals surface area contributed by atoms with Gasteiger partial charge >= 0.3 is 0 Å². The second kappa shape index (κ2) is 9.94. The first-order valence-corrected chi connectivity index (χ1v) is 7.86. The van der Waals surface area contributed by atoms with Gasteiger partial charge in [0.05, 0.1) is 0 Å². The van der Waals surface area contributed by atoms with Crippen molar-refractivity contribution in [2.24, 2.45) is 11.8 Å². The van der Waals surface area contributed by atoms with Crippen LogP contribution in [0.2, 0.25) is 0 Å². The van der Waals surface area contributed by atoms with Crippen LogP contribution in [0.1, 0.15) is 71.1 Å². The monoisotopic (exact) mass is 238 g/mol. The van der Waals surface area contributed by atoms with Gasteiger partial charge in [-0.2, -0.15) is 0 Å². The molecular weight excluding hydrogens is 206 g/mol. The molecule has 1 fully saturated rings. The van der Waals surface area contributed by atoms with Crippen LogP contribution in [0.5, 0.6) is 0 Å². The van der Waals surface area contributed by atoms with Gasteiger partial charge in [-0.15, -0.1) is 0 Å². The molecule has 0 bridgehead atoms. The van der Waals surface area contributed by atoms with Crippen LogP contribution in [-0.2, 0) is 0 Å². The van der Waals surface area contributed by atoms with Crippen molar-refractivity contribution in [3.05, 3.63) is 6.92 Å². The van der Waals surface area contributed by atoms with Gasteiger partial charge in [0.1, 0.15) is 0 Å². The first-order valence-electron chi connectivity index (χ1n) is 7.86. The summed E-state index contributed by atoms with van der Waals surface area (Å²) >= 11 is 0. The second-order valence-corrected chi connectivity index (χ2v) is 5.79. The lowest BCUT2D eigenvalue weighted by molar-refractivity contribution is 0.422. The summed E-state index contributed by atoms with van der Waals surface area (Å²) in [6.07, 6.45) is 14.0. The quantitative estimate of drug-likeness (QED) is 0.549. The third kappa shape index (κ3) is 7.08. The molecule has 1 rings (SSSR count). The molecular formula is C16H32N. The summed E-state index contributed by atoms with van der Waals surface area (Å²) in [4.78, 5) is 0. The van der Waals surface area contributed by atoms with Crippen molar-refractivity contribution in [3.8, 4) is 0 Å². The molecule has 1 nitrogen and oxygen atoms in total. The molecule has 17 heavy (non-hydrogen) atoms. The Morgan fingerprint density at radius 3 is 2.35 bits per heavy atom. The van der Waals surface area contributed by atoms with Gasteiger partial charge in [0.2, 0.25) is 0 Å². The molecule has 0 saturated heterocycles. The first-order chi connectivity index (χ1) is 8.36. The van der Waals surface area contributed by atoms with Crippen LogP contribution < -0.4 is 5.32 Å². The van der Waals surface area contributed by atoms with Gasteiger partial charge in [0.15, 0.2) is 0 Å². The molecule has 1 radical (unpaired) electrons. The Labute approximate surface area is 109 Å². The molecule has 1 N–H and O–H groups in total. The molecule has 0 spiro atoms. The van der Waals surface area contributed by atoms with E-state index in [0.717, 1.165) is 18.3 Å². The average molecular weight is 238 g/mol. The van der Waals surface area contributed by atoms with E-state index in [1.807, 2.05) is 0 Å². The summed E-state index contributed by atoms with van der Waals surface area (Å²) in [7, 11) is 0. The molecule has 1 aliphatic carbocycles. The van der Waals surface area contributed by atoms with Gasteiger partial charge in [0, 0.05) is 0 Å². The van der Waals surface area contributed by atoms with Gasteiger partial charge in [-0.3, -0.25) is 0 Å². The van der Waals surface area contributed by atoms with Crippen molar-refractivity contribution in [2.45, 2.75) is 71.1 Å². The van der Waals surface area contributed by atoms with E-state index in [-0.39, 0.29) is 0 Å². The van der Waals surface area contributed by atoms with E-state index < -0.39 is 0 Å². The summed E-state index contributed by atoms with van der Waals surface area (Å²) < 4.78 is 0. The molecule has 2 unspecified atom stereocenters. The van der Waals surface area contributed by atoms with E-state index in [2.05, 4.69) is 19.2 Å². The molecule has 0 amide bonds. The smallest absolute Gasteiger partial charge is 0.00488 e. The Hall–Kier alpha value is -0.0400. The minimum absolute atomic E-state index is 1.04. The fraction of sp³-hybridized carbons (Fsp3) is 0.938. The van der Waals surface area contributed by atoms with Crippen molar-refractivity contribution in [1.82, 2.24) is 5.32 Å². The van der Waals surface area contributed by atoms with E-state index >= 15 is 0 Å². The van der Waals surface area contributed by atoms with Gasteiger partial charge in [0.25, 0.3) is 0 Å². The summed E-state index contributed by atoms with van der Waals surface area (Å²) in [5, 5.41) is 3.51. The summed E-state index contributed by atoms with van der Waals surface area (Å²) in [5.74, 6) is 2.10. The molecule has 0 aromatic carbocycles. The van der Waals surface area contributed by atoms with E-state index in [4.69, 9.17) is 0 Å². The Balaban J connectivity index is 1.94. The van der Waals surface area contributed by atoms with E-state index in [1.165, 1.54) is 70.9 Å². The summed E-state index contributed by atoms with van der Waals surface area (Å²) in [6.45, 7) is 8.58. The highest BCUT2D eigenvalue weighted by Gasteiger charge is 2.23. The van der Waals surface area contributed by atoms with Crippen molar-refractivity contribution in [1.29, 1.82) is 0 Å². The van der Waals surface area contributed by atoms with Crippen LogP contribution in [-0.4, -0.2) is 13.1 Å². The zero-order valence-corrected chi connectivity index (χ0v) is 11.8. The average Bonchev–Trinajstić information content (AvgIpc) is 2.77. The molecule has 0 aromatic heterocycles. The van der Waals surface area contributed by atoms with Crippen LogP contribution in [0.15, 0.2) is 0 Å². The van der Waals surface area contributed by atoms with E-state index in [0.29, 0.717) is 0 Å². The predicted molar refractivity (Wildman–Crippen MR) is 77.1 cm³/mol. The van der Waals surface area contributed by atoms with Gasteiger partial charge in [-0.25, -0.2) is 0 Å². The third-order valence-corrected chi connectivity index (χ3v) is 4.15. The maximum Gasteiger partial charge on any atom is -0.00488 e. The SMILES string of the molecule is [CH2]CCCCC1CCC(CCCNCCC)C1. The number of nitrogens with one attached hydrogen (secondary N) is 1. The number of rotatable bonds is 10. The Morgan fingerprint density at radius 2 is 1.71 bits per heavy atom. The van der Waals surface area contributed by atoms with Crippen LogP contribution in [0.3, 0.4) is 0 Å². The van der Waals surface area contributed by atoms with Crippen molar-refractivity contribution >= 4 is 0 Å². The predicted octanol–water partition coefficient (Wildman–Crippen LogP) is 4.58. The fourth-order valence-corrected chi connectivity index (χ4v) is 3.13. The molecule has 101 valence electrons. The van der Waals surface area contributed by atoms with Crippen LogP contribution in [0.4, 0.5) is 0 Å². The lowest BCUT2D eigenvalue weighted by atomic mass is 9.96. The number of unbranched alkanes of at least 4 members (excludes halogenated alkanes) is 2. The van der Waals surface area contributed by atoms with Crippen LogP contribution in [0.25, 0.3) is 0 Å². The van der Waals surface area contributed by atoms with Crippen molar-refractivity contribution in [2.75, 3.05) is 13.1 Å².